The summed E-state index contributed by atoms with van der Waals surface area (Å²) < 4.78 is 12.9. The molecule has 0 radical (unpaired) electrons. The number of halogens is 1. The van der Waals surface area contributed by atoms with Gasteiger partial charge >= 0.3 is 0 Å². The molecule has 0 spiro atoms. The molecule has 0 aromatic carbocycles. The summed E-state index contributed by atoms with van der Waals surface area (Å²) in [5, 5.41) is 3.21. The van der Waals surface area contributed by atoms with Gasteiger partial charge in [0.05, 0.1) is 5.70 Å². The monoisotopic (exact) mass is 170 g/mol. The Bertz CT molecular complexity index is 189. The van der Waals surface area contributed by atoms with Crippen molar-refractivity contribution >= 4 is 0 Å². The van der Waals surface area contributed by atoms with Crippen LogP contribution in [0.4, 0.5) is 4.39 Å². The normalized spacial score (nSPS) is 20.3. The molecule has 1 heterocycles. The van der Waals surface area contributed by atoms with Gasteiger partial charge in [-0.2, -0.15) is 0 Å². The zero-order valence-electron chi connectivity index (χ0n) is 7.44. The molecule has 1 aliphatic rings. The molecule has 0 aromatic rings. The van der Waals surface area contributed by atoms with Crippen molar-refractivity contribution in [2.24, 2.45) is 0 Å². The second-order valence-corrected chi connectivity index (χ2v) is 2.86. The first-order valence-electron chi connectivity index (χ1n) is 4.20. The lowest BCUT2D eigenvalue weighted by atomic mass is 10.3. The summed E-state index contributed by atoms with van der Waals surface area (Å²) >= 11 is 0. The van der Waals surface area contributed by atoms with E-state index in [1.807, 2.05) is 4.90 Å². The van der Waals surface area contributed by atoms with E-state index in [4.69, 9.17) is 0 Å². The van der Waals surface area contributed by atoms with Crippen molar-refractivity contribution in [3.05, 3.63) is 24.2 Å². The number of nitrogens with one attached hydrogen (secondary N) is 1. The third kappa shape index (κ3) is 2.08. The SMILES string of the molecule is C=C/C(=C(\C)F)N1CCNCC1. The molecule has 1 fully saturated rings. The van der Waals surface area contributed by atoms with E-state index in [1.165, 1.54) is 6.92 Å². The molecule has 0 bridgehead atoms. The number of allylic oxidation sites excluding steroid dienone is 2. The van der Waals surface area contributed by atoms with E-state index in [-0.39, 0.29) is 5.83 Å². The van der Waals surface area contributed by atoms with Crippen LogP contribution in [0.2, 0.25) is 0 Å². The number of piperazine rings is 1. The minimum absolute atomic E-state index is 0.146. The molecule has 68 valence electrons. The molecule has 1 N–H and O–H groups in total. The molecule has 3 heteroatoms. The van der Waals surface area contributed by atoms with Crippen molar-refractivity contribution in [1.82, 2.24) is 10.2 Å². The van der Waals surface area contributed by atoms with Gasteiger partial charge in [-0.25, -0.2) is 4.39 Å². The van der Waals surface area contributed by atoms with Gasteiger partial charge in [0.25, 0.3) is 0 Å². The first-order chi connectivity index (χ1) is 5.75. The molecule has 0 aromatic heterocycles. The van der Waals surface area contributed by atoms with Crippen LogP contribution in [0.5, 0.6) is 0 Å². The maximum Gasteiger partial charge on any atom is 0.120 e. The quantitative estimate of drug-likeness (QED) is 0.628. The van der Waals surface area contributed by atoms with E-state index >= 15 is 0 Å². The Labute approximate surface area is 72.7 Å². The van der Waals surface area contributed by atoms with Crippen LogP contribution in [0, 0.1) is 0 Å². The fourth-order valence-electron chi connectivity index (χ4n) is 1.39. The van der Waals surface area contributed by atoms with E-state index in [9.17, 15) is 4.39 Å². The highest BCUT2D eigenvalue weighted by molar-refractivity contribution is 5.18. The molecule has 1 rings (SSSR count). The number of nitrogens with zero attached hydrogens (tertiary/aromatic N) is 1. The summed E-state index contributed by atoms with van der Waals surface area (Å²) in [6.45, 7) is 8.64. The maximum absolute atomic E-state index is 12.9. The molecule has 0 saturated carbocycles. The van der Waals surface area contributed by atoms with E-state index in [0.717, 1.165) is 26.2 Å². The van der Waals surface area contributed by atoms with Crippen molar-refractivity contribution in [3.63, 3.8) is 0 Å². The maximum atomic E-state index is 12.9. The van der Waals surface area contributed by atoms with Gasteiger partial charge in [0.1, 0.15) is 5.83 Å². The summed E-state index contributed by atoms with van der Waals surface area (Å²) in [6, 6.07) is 0. The van der Waals surface area contributed by atoms with Gasteiger partial charge in [-0.3, -0.25) is 0 Å². The van der Waals surface area contributed by atoms with Crippen LogP contribution in [0.15, 0.2) is 24.2 Å². The minimum atomic E-state index is -0.146. The van der Waals surface area contributed by atoms with Gasteiger partial charge in [-0.15, -0.1) is 0 Å². The van der Waals surface area contributed by atoms with E-state index < -0.39 is 0 Å². The van der Waals surface area contributed by atoms with Crippen LogP contribution in [0.25, 0.3) is 0 Å². The molecule has 0 aliphatic carbocycles. The van der Waals surface area contributed by atoms with Crippen molar-refractivity contribution in [1.29, 1.82) is 0 Å². The molecule has 0 amide bonds. The zero-order chi connectivity index (χ0) is 8.97. The molecular weight excluding hydrogens is 155 g/mol. The largest absolute Gasteiger partial charge is 0.367 e. The van der Waals surface area contributed by atoms with Crippen LogP contribution in [-0.2, 0) is 0 Å². The second-order valence-electron chi connectivity index (χ2n) is 2.86. The lowest BCUT2D eigenvalue weighted by Crippen LogP contribution is -2.42. The topological polar surface area (TPSA) is 15.3 Å². The third-order valence-electron chi connectivity index (χ3n) is 2.00. The lowest BCUT2D eigenvalue weighted by molar-refractivity contribution is 0.298. The highest BCUT2D eigenvalue weighted by atomic mass is 19.1. The molecule has 2 nitrogen and oxygen atoms in total. The summed E-state index contributed by atoms with van der Waals surface area (Å²) in [7, 11) is 0. The summed E-state index contributed by atoms with van der Waals surface area (Å²) in [5.74, 6) is -0.146. The average Bonchev–Trinajstić information content (AvgIpc) is 2.07. The van der Waals surface area contributed by atoms with Crippen LogP contribution >= 0.6 is 0 Å². The van der Waals surface area contributed by atoms with Crippen LogP contribution in [0.1, 0.15) is 6.92 Å². The van der Waals surface area contributed by atoms with Crippen molar-refractivity contribution in [2.75, 3.05) is 26.2 Å². The van der Waals surface area contributed by atoms with Crippen molar-refractivity contribution in [2.45, 2.75) is 6.92 Å². The Morgan fingerprint density at radius 3 is 2.50 bits per heavy atom. The van der Waals surface area contributed by atoms with Crippen LogP contribution in [0.3, 0.4) is 0 Å². The molecular formula is C9H15FN2. The van der Waals surface area contributed by atoms with E-state index in [1.54, 1.807) is 6.08 Å². The summed E-state index contributed by atoms with van der Waals surface area (Å²) in [5.41, 5.74) is 0.636. The minimum Gasteiger partial charge on any atom is -0.367 e. The van der Waals surface area contributed by atoms with Gasteiger partial charge in [0, 0.05) is 26.2 Å². The highest BCUT2D eigenvalue weighted by Crippen LogP contribution is 2.12. The Morgan fingerprint density at radius 1 is 1.50 bits per heavy atom. The predicted octanol–water partition coefficient (Wildman–Crippen LogP) is 1.28. The fraction of sp³-hybridized carbons (Fsp3) is 0.556. The van der Waals surface area contributed by atoms with Gasteiger partial charge in [-0.1, -0.05) is 6.58 Å². The van der Waals surface area contributed by atoms with Crippen molar-refractivity contribution in [3.8, 4) is 0 Å². The standard InChI is InChI=1S/C9H15FN2/c1-3-9(8(2)10)12-6-4-11-5-7-12/h3,11H,1,4-7H2,2H3/b9-8-. The van der Waals surface area contributed by atoms with Crippen molar-refractivity contribution < 1.29 is 4.39 Å². The highest BCUT2D eigenvalue weighted by Gasteiger charge is 2.12. The summed E-state index contributed by atoms with van der Waals surface area (Å²) in [6.07, 6.45) is 1.58. The Balaban J connectivity index is 2.65. The smallest absolute Gasteiger partial charge is 0.120 e. The molecule has 12 heavy (non-hydrogen) atoms. The second kappa shape index (κ2) is 4.26. The summed E-state index contributed by atoms with van der Waals surface area (Å²) in [4.78, 5) is 2.01. The Morgan fingerprint density at radius 2 is 2.08 bits per heavy atom. The first kappa shape index (κ1) is 9.26. The van der Waals surface area contributed by atoms with Gasteiger partial charge in [0.15, 0.2) is 0 Å². The van der Waals surface area contributed by atoms with E-state index in [0.29, 0.717) is 5.70 Å². The van der Waals surface area contributed by atoms with Gasteiger partial charge in [0.2, 0.25) is 0 Å². The average molecular weight is 170 g/mol. The lowest BCUT2D eigenvalue weighted by Gasteiger charge is -2.30. The number of rotatable bonds is 2. The Hall–Kier alpha value is -0.830. The number of hydrogen-bond donors (Lipinski definition) is 1. The number of hydrogen-bond acceptors (Lipinski definition) is 2. The third-order valence-corrected chi connectivity index (χ3v) is 2.00. The molecule has 1 aliphatic heterocycles. The predicted molar refractivity (Wildman–Crippen MR) is 48.4 cm³/mol. The molecule has 0 unspecified atom stereocenters. The first-order valence-corrected chi connectivity index (χ1v) is 4.20. The fourth-order valence-corrected chi connectivity index (χ4v) is 1.39. The van der Waals surface area contributed by atoms with Gasteiger partial charge in [-0.05, 0) is 13.0 Å². The zero-order valence-corrected chi connectivity index (χ0v) is 7.44. The van der Waals surface area contributed by atoms with Crippen LogP contribution in [-0.4, -0.2) is 31.1 Å². The van der Waals surface area contributed by atoms with E-state index in [2.05, 4.69) is 11.9 Å². The molecule has 1 saturated heterocycles. The Kier molecular flexibility index (Phi) is 3.29. The van der Waals surface area contributed by atoms with Gasteiger partial charge < -0.3 is 10.2 Å². The molecule has 0 atom stereocenters. The van der Waals surface area contributed by atoms with Crippen LogP contribution < -0.4 is 5.32 Å².